The van der Waals surface area contributed by atoms with E-state index in [0.29, 0.717) is 11.4 Å². The van der Waals surface area contributed by atoms with Crippen LogP contribution in [0.25, 0.3) is 0 Å². The first kappa shape index (κ1) is 18.6. The van der Waals surface area contributed by atoms with Gasteiger partial charge < -0.3 is 5.32 Å². The van der Waals surface area contributed by atoms with Gasteiger partial charge in [0.15, 0.2) is 0 Å². The summed E-state index contributed by atoms with van der Waals surface area (Å²) in [6, 6.07) is 17.3. The van der Waals surface area contributed by atoms with E-state index in [4.69, 9.17) is 0 Å². The summed E-state index contributed by atoms with van der Waals surface area (Å²) in [6.07, 6.45) is 0. The normalized spacial score (nSPS) is 11.2. The van der Waals surface area contributed by atoms with E-state index in [1.165, 1.54) is 17.4 Å². The van der Waals surface area contributed by atoms with Crippen molar-refractivity contribution in [2.45, 2.75) is 4.90 Å². The van der Waals surface area contributed by atoms with Crippen LogP contribution in [-0.2, 0) is 10.0 Å². The molecule has 1 heterocycles. The fraction of sp³-hybridized carbons (Fsp3) is 0.0556. The summed E-state index contributed by atoms with van der Waals surface area (Å²) in [7, 11) is -2.38. The monoisotopic (exact) mass is 450 g/mol. The number of carbonyl (C=O) groups is 1. The molecule has 0 spiro atoms. The number of benzene rings is 2. The van der Waals surface area contributed by atoms with E-state index >= 15 is 0 Å². The molecule has 3 aromatic rings. The van der Waals surface area contributed by atoms with Gasteiger partial charge in [-0.05, 0) is 47.8 Å². The Bertz CT molecular complexity index is 1020. The number of hydrogen-bond acceptors (Lipinski definition) is 4. The van der Waals surface area contributed by atoms with E-state index in [2.05, 4.69) is 21.2 Å². The molecule has 3 rings (SSSR count). The van der Waals surface area contributed by atoms with Crippen LogP contribution in [0, 0.1) is 0 Å². The van der Waals surface area contributed by atoms with Crippen LogP contribution >= 0.6 is 27.3 Å². The summed E-state index contributed by atoms with van der Waals surface area (Å²) < 4.78 is 28.0. The van der Waals surface area contributed by atoms with Gasteiger partial charge in [0.05, 0.1) is 5.69 Å². The number of carbonyl (C=O) groups excluding carboxylic acids is 1. The molecule has 8 heteroatoms. The number of amides is 1. The molecule has 0 fully saturated rings. The van der Waals surface area contributed by atoms with Gasteiger partial charge >= 0.3 is 0 Å². The van der Waals surface area contributed by atoms with Crippen LogP contribution < -0.4 is 9.62 Å². The van der Waals surface area contributed by atoms with Crippen molar-refractivity contribution in [3.63, 3.8) is 0 Å². The van der Waals surface area contributed by atoms with Crippen LogP contribution in [0.4, 0.5) is 11.4 Å². The molecule has 0 saturated carbocycles. The van der Waals surface area contributed by atoms with Gasteiger partial charge in [0.1, 0.15) is 9.77 Å². The molecule has 0 radical (unpaired) electrons. The fourth-order valence-corrected chi connectivity index (χ4v) is 5.07. The maximum absolute atomic E-state index is 13.0. The van der Waals surface area contributed by atoms with Gasteiger partial charge in [0, 0.05) is 17.2 Å². The average molecular weight is 451 g/mol. The molecule has 0 aliphatic carbocycles. The second-order valence-corrected chi connectivity index (χ2v) is 9.15. The first-order valence-corrected chi connectivity index (χ1v) is 10.7. The molecule has 1 N–H and O–H groups in total. The van der Waals surface area contributed by atoms with Crippen LogP contribution in [0.1, 0.15) is 9.67 Å². The summed E-state index contributed by atoms with van der Waals surface area (Å²) in [6.45, 7) is 0. The molecule has 0 bridgehead atoms. The minimum absolute atomic E-state index is 0.0107. The van der Waals surface area contributed by atoms with E-state index < -0.39 is 15.9 Å². The molecule has 134 valence electrons. The molecule has 0 saturated heterocycles. The number of rotatable bonds is 5. The molecule has 0 unspecified atom stereocenters. The van der Waals surface area contributed by atoms with E-state index in [9.17, 15) is 13.2 Å². The predicted octanol–water partition coefficient (Wildman–Crippen LogP) is 4.59. The second kappa shape index (κ2) is 7.61. The Morgan fingerprint density at radius 1 is 1.04 bits per heavy atom. The Kier molecular flexibility index (Phi) is 5.45. The van der Waals surface area contributed by atoms with Crippen molar-refractivity contribution >= 4 is 54.6 Å². The second-order valence-electron chi connectivity index (χ2n) is 5.38. The lowest BCUT2D eigenvalue weighted by Gasteiger charge is -2.19. The number of nitrogens with zero attached hydrogens (tertiary/aromatic N) is 1. The molecule has 2 aromatic carbocycles. The molecular weight excluding hydrogens is 436 g/mol. The Morgan fingerprint density at radius 3 is 2.35 bits per heavy atom. The third-order valence-corrected chi connectivity index (χ3v) is 7.09. The molecule has 0 aliphatic heterocycles. The van der Waals surface area contributed by atoms with Crippen molar-refractivity contribution in [3.05, 3.63) is 75.4 Å². The SMILES string of the molecule is CN(c1ccccc1)S(=O)(=O)c1ccsc1C(=O)Nc1ccc(Br)cc1. The number of hydrogen-bond donors (Lipinski definition) is 1. The minimum Gasteiger partial charge on any atom is -0.321 e. The Balaban J connectivity index is 1.90. The van der Waals surface area contributed by atoms with E-state index in [1.54, 1.807) is 53.9 Å². The summed E-state index contributed by atoms with van der Waals surface area (Å²) in [5, 5.41) is 4.33. The smallest absolute Gasteiger partial charge is 0.267 e. The highest BCUT2D eigenvalue weighted by atomic mass is 79.9. The molecular formula is C18H15BrN2O3S2. The van der Waals surface area contributed by atoms with Crippen molar-refractivity contribution in [3.8, 4) is 0 Å². The highest BCUT2D eigenvalue weighted by molar-refractivity contribution is 9.10. The van der Waals surface area contributed by atoms with Gasteiger partial charge in [0.2, 0.25) is 0 Å². The zero-order chi connectivity index (χ0) is 18.7. The summed E-state index contributed by atoms with van der Waals surface area (Å²) in [4.78, 5) is 12.7. The van der Waals surface area contributed by atoms with Crippen molar-refractivity contribution in [1.29, 1.82) is 0 Å². The van der Waals surface area contributed by atoms with Gasteiger partial charge in [-0.15, -0.1) is 11.3 Å². The molecule has 1 aromatic heterocycles. The summed E-state index contributed by atoms with van der Waals surface area (Å²) >= 11 is 4.42. The molecule has 26 heavy (non-hydrogen) atoms. The quantitative estimate of drug-likeness (QED) is 0.617. The number of para-hydroxylation sites is 1. The van der Waals surface area contributed by atoms with Crippen molar-refractivity contribution < 1.29 is 13.2 Å². The zero-order valence-electron chi connectivity index (χ0n) is 13.7. The highest BCUT2D eigenvalue weighted by Gasteiger charge is 2.28. The third-order valence-electron chi connectivity index (χ3n) is 3.70. The standard InChI is InChI=1S/C18H15BrN2O3S2/c1-21(15-5-3-2-4-6-15)26(23,24)16-11-12-25-17(16)18(22)20-14-9-7-13(19)8-10-14/h2-12H,1H3,(H,20,22). The number of sulfonamides is 1. The lowest BCUT2D eigenvalue weighted by Crippen LogP contribution is -2.28. The van der Waals surface area contributed by atoms with E-state index in [1.807, 2.05) is 6.07 Å². The van der Waals surface area contributed by atoms with Crippen LogP contribution in [0.2, 0.25) is 0 Å². The first-order chi connectivity index (χ1) is 12.4. The maximum atomic E-state index is 13.0. The number of nitrogens with one attached hydrogen (secondary N) is 1. The Labute approximate surface area is 164 Å². The molecule has 0 aliphatic rings. The van der Waals surface area contributed by atoms with Gasteiger partial charge in [-0.3, -0.25) is 9.10 Å². The van der Waals surface area contributed by atoms with E-state index in [-0.39, 0.29) is 9.77 Å². The van der Waals surface area contributed by atoms with Gasteiger partial charge in [-0.25, -0.2) is 8.42 Å². The maximum Gasteiger partial charge on any atom is 0.267 e. The van der Waals surface area contributed by atoms with E-state index in [0.717, 1.165) is 15.8 Å². The summed E-state index contributed by atoms with van der Waals surface area (Å²) in [5.41, 5.74) is 1.12. The van der Waals surface area contributed by atoms with Crippen LogP contribution in [0.3, 0.4) is 0 Å². The topological polar surface area (TPSA) is 66.5 Å². The molecule has 0 atom stereocenters. The molecule has 5 nitrogen and oxygen atoms in total. The highest BCUT2D eigenvalue weighted by Crippen LogP contribution is 2.28. The molecule has 1 amide bonds. The Morgan fingerprint density at radius 2 is 1.69 bits per heavy atom. The van der Waals surface area contributed by atoms with Crippen molar-refractivity contribution in [2.24, 2.45) is 0 Å². The number of thiophene rings is 1. The van der Waals surface area contributed by atoms with Crippen molar-refractivity contribution in [1.82, 2.24) is 0 Å². The predicted molar refractivity (Wildman–Crippen MR) is 108 cm³/mol. The summed E-state index contributed by atoms with van der Waals surface area (Å²) in [5.74, 6) is -0.456. The Hall–Kier alpha value is -2.16. The van der Waals surface area contributed by atoms with Gasteiger partial charge in [-0.2, -0.15) is 0 Å². The lowest BCUT2D eigenvalue weighted by atomic mass is 10.3. The van der Waals surface area contributed by atoms with Crippen molar-refractivity contribution in [2.75, 3.05) is 16.7 Å². The lowest BCUT2D eigenvalue weighted by molar-refractivity contribution is 0.102. The third kappa shape index (κ3) is 3.82. The largest absolute Gasteiger partial charge is 0.321 e. The zero-order valence-corrected chi connectivity index (χ0v) is 16.9. The van der Waals surface area contributed by atoms with Gasteiger partial charge in [0.25, 0.3) is 15.9 Å². The van der Waals surface area contributed by atoms with Crippen LogP contribution in [0.5, 0.6) is 0 Å². The number of halogens is 1. The number of anilines is 2. The fourth-order valence-electron chi connectivity index (χ4n) is 2.31. The average Bonchev–Trinajstić information content (AvgIpc) is 3.14. The minimum atomic E-state index is -3.85. The van der Waals surface area contributed by atoms with Crippen LogP contribution in [-0.4, -0.2) is 21.4 Å². The first-order valence-electron chi connectivity index (χ1n) is 7.58. The van der Waals surface area contributed by atoms with Gasteiger partial charge in [-0.1, -0.05) is 34.1 Å². The van der Waals surface area contributed by atoms with Crippen LogP contribution in [0.15, 0.2) is 75.4 Å².